The fourth-order valence-corrected chi connectivity index (χ4v) is 1.96. The summed E-state index contributed by atoms with van der Waals surface area (Å²) < 4.78 is 0. The first-order chi connectivity index (χ1) is 6.68. The van der Waals surface area contributed by atoms with Crippen LogP contribution >= 0.6 is 0 Å². The molecular formula is C10H17NO3. The summed E-state index contributed by atoms with van der Waals surface area (Å²) in [6.07, 6.45) is 3.66. The van der Waals surface area contributed by atoms with Crippen molar-refractivity contribution in [2.75, 3.05) is 6.54 Å². The Kier molecular flexibility index (Phi) is 2.74. The fourth-order valence-electron chi connectivity index (χ4n) is 1.96. The van der Waals surface area contributed by atoms with Crippen LogP contribution in [0.5, 0.6) is 0 Å². The van der Waals surface area contributed by atoms with Gasteiger partial charge in [-0.25, -0.2) is 0 Å². The van der Waals surface area contributed by atoms with Crippen LogP contribution in [0.15, 0.2) is 0 Å². The van der Waals surface area contributed by atoms with Crippen LogP contribution in [0.4, 0.5) is 0 Å². The van der Waals surface area contributed by atoms with Crippen molar-refractivity contribution in [1.29, 1.82) is 0 Å². The monoisotopic (exact) mass is 199 g/mol. The average Bonchev–Trinajstić information content (AvgIpc) is 2.82. The zero-order chi connectivity index (χ0) is 10.1. The lowest BCUT2D eigenvalue weighted by molar-refractivity contribution is -0.146. The highest BCUT2D eigenvalue weighted by molar-refractivity contribution is 5.72. The van der Waals surface area contributed by atoms with E-state index in [1.165, 1.54) is 0 Å². The molecule has 2 rings (SSSR count). The molecule has 0 aromatic carbocycles. The van der Waals surface area contributed by atoms with E-state index in [1.54, 1.807) is 0 Å². The van der Waals surface area contributed by atoms with Crippen molar-refractivity contribution in [3.05, 3.63) is 0 Å². The van der Waals surface area contributed by atoms with Gasteiger partial charge in [-0.15, -0.1) is 0 Å². The lowest BCUT2D eigenvalue weighted by atomic mass is 9.79. The molecule has 4 nitrogen and oxygen atoms in total. The molecule has 2 saturated carbocycles. The Morgan fingerprint density at radius 1 is 1.36 bits per heavy atom. The molecule has 0 radical (unpaired) electrons. The second-order valence-corrected chi connectivity index (χ2v) is 4.44. The molecule has 0 aromatic heterocycles. The molecule has 0 aliphatic heterocycles. The summed E-state index contributed by atoms with van der Waals surface area (Å²) >= 11 is 0. The van der Waals surface area contributed by atoms with Gasteiger partial charge in [-0.05, 0) is 31.6 Å². The zero-order valence-corrected chi connectivity index (χ0v) is 8.15. The number of carboxylic acid groups (broad SMARTS) is 1. The maximum absolute atomic E-state index is 10.7. The lowest BCUT2D eigenvalue weighted by Gasteiger charge is -2.34. The first-order valence-electron chi connectivity index (χ1n) is 5.32. The third kappa shape index (κ3) is 2.07. The Balaban J connectivity index is 1.67. The molecule has 2 aliphatic rings. The largest absolute Gasteiger partial charge is 0.481 e. The molecule has 0 bridgehead atoms. The summed E-state index contributed by atoms with van der Waals surface area (Å²) in [7, 11) is 0. The predicted molar refractivity (Wildman–Crippen MR) is 50.9 cm³/mol. The number of nitrogens with one attached hydrogen (secondary N) is 1. The summed E-state index contributed by atoms with van der Waals surface area (Å²) in [6.45, 7) is 0.555. The standard InChI is InChI=1S/C10H17NO3/c12-9(6-1-2-6)5-11-8-4-3-7(8)10(13)14/h6-9,11-12H,1-5H2,(H,13,14). The van der Waals surface area contributed by atoms with Gasteiger partial charge in [0.25, 0.3) is 0 Å². The van der Waals surface area contributed by atoms with Gasteiger partial charge >= 0.3 is 5.97 Å². The van der Waals surface area contributed by atoms with Crippen LogP contribution in [0.1, 0.15) is 25.7 Å². The average molecular weight is 199 g/mol. The molecule has 0 heterocycles. The first-order valence-corrected chi connectivity index (χ1v) is 5.32. The summed E-state index contributed by atoms with van der Waals surface area (Å²) in [6, 6.07) is 0.0842. The van der Waals surface area contributed by atoms with Crippen molar-refractivity contribution in [3.8, 4) is 0 Å². The van der Waals surface area contributed by atoms with E-state index in [0.717, 1.165) is 25.7 Å². The van der Waals surface area contributed by atoms with Gasteiger partial charge in [-0.2, -0.15) is 0 Å². The van der Waals surface area contributed by atoms with Gasteiger partial charge in [0.2, 0.25) is 0 Å². The number of hydrogen-bond donors (Lipinski definition) is 3. The van der Waals surface area contributed by atoms with Gasteiger partial charge in [0, 0.05) is 12.6 Å². The highest BCUT2D eigenvalue weighted by atomic mass is 16.4. The highest BCUT2D eigenvalue weighted by Crippen LogP contribution is 2.33. The van der Waals surface area contributed by atoms with Crippen molar-refractivity contribution in [1.82, 2.24) is 5.32 Å². The van der Waals surface area contributed by atoms with Gasteiger partial charge in [0.15, 0.2) is 0 Å². The normalized spacial score (nSPS) is 33.5. The molecule has 3 unspecified atom stereocenters. The topological polar surface area (TPSA) is 69.6 Å². The summed E-state index contributed by atoms with van der Waals surface area (Å²) in [4.78, 5) is 10.7. The second kappa shape index (κ2) is 3.87. The van der Waals surface area contributed by atoms with E-state index in [9.17, 15) is 9.90 Å². The minimum atomic E-state index is -0.713. The van der Waals surface area contributed by atoms with Crippen LogP contribution in [-0.2, 0) is 4.79 Å². The van der Waals surface area contributed by atoms with Crippen molar-refractivity contribution < 1.29 is 15.0 Å². The minimum Gasteiger partial charge on any atom is -0.481 e. The molecule has 0 saturated heterocycles. The van der Waals surface area contributed by atoms with E-state index in [-0.39, 0.29) is 18.1 Å². The zero-order valence-electron chi connectivity index (χ0n) is 8.15. The van der Waals surface area contributed by atoms with Crippen molar-refractivity contribution in [2.45, 2.75) is 37.8 Å². The Labute approximate surface area is 83.3 Å². The van der Waals surface area contributed by atoms with Crippen molar-refractivity contribution in [2.24, 2.45) is 11.8 Å². The third-order valence-corrected chi connectivity index (χ3v) is 3.35. The summed E-state index contributed by atoms with van der Waals surface area (Å²) in [5, 5.41) is 21.5. The van der Waals surface area contributed by atoms with Crippen LogP contribution in [0.25, 0.3) is 0 Å². The van der Waals surface area contributed by atoms with Gasteiger partial charge in [0.1, 0.15) is 0 Å². The van der Waals surface area contributed by atoms with E-state index in [4.69, 9.17) is 5.11 Å². The molecule has 0 spiro atoms. The second-order valence-electron chi connectivity index (χ2n) is 4.44. The number of hydrogen-bond acceptors (Lipinski definition) is 3. The number of rotatable bonds is 5. The van der Waals surface area contributed by atoms with E-state index >= 15 is 0 Å². The first kappa shape index (κ1) is 9.93. The molecule has 4 heteroatoms. The molecular weight excluding hydrogens is 182 g/mol. The SMILES string of the molecule is O=C(O)C1CCC1NCC(O)C1CC1. The Hall–Kier alpha value is -0.610. The maximum Gasteiger partial charge on any atom is 0.308 e. The van der Waals surface area contributed by atoms with E-state index < -0.39 is 5.97 Å². The highest BCUT2D eigenvalue weighted by Gasteiger charge is 2.37. The van der Waals surface area contributed by atoms with Crippen LogP contribution in [0.3, 0.4) is 0 Å². The number of carboxylic acids is 1. The number of aliphatic hydroxyl groups is 1. The Morgan fingerprint density at radius 2 is 2.07 bits per heavy atom. The summed E-state index contributed by atoms with van der Waals surface area (Å²) in [5.74, 6) is -0.484. The van der Waals surface area contributed by atoms with Crippen molar-refractivity contribution in [3.63, 3.8) is 0 Å². The van der Waals surface area contributed by atoms with Gasteiger partial charge in [-0.1, -0.05) is 0 Å². The third-order valence-electron chi connectivity index (χ3n) is 3.35. The van der Waals surface area contributed by atoms with E-state index in [2.05, 4.69) is 5.32 Å². The van der Waals surface area contributed by atoms with E-state index in [1.807, 2.05) is 0 Å². The molecule has 14 heavy (non-hydrogen) atoms. The summed E-state index contributed by atoms with van der Waals surface area (Å²) in [5.41, 5.74) is 0. The van der Waals surface area contributed by atoms with Crippen LogP contribution < -0.4 is 5.32 Å². The molecule has 2 fully saturated rings. The van der Waals surface area contributed by atoms with E-state index in [0.29, 0.717) is 12.5 Å². The Morgan fingerprint density at radius 3 is 2.50 bits per heavy atom. The predicted octanol–water partition coefficient (Wildman–Crippen LogP) is 0.210. The quantitative estimate of drug-likeness (QED) is 0.592. The smallest absolute Gasteiger partial charge is 0.308 e. The molecule has 2 aliphatic carbocycles. The Bertz CT molecular complexity index is 227. The van der Waals surface area contributed by atoms with Crippen LogP contribution in [0.2, 0.25) is 0 Å². The number of aliphatic carboxylic acids is 1. The molecule has 80 valence electrons. The van der Waals surface area contributed by atoms with Gasteiger partial charge in [0.05, 0.1) is 12.0 Å². The van der Waals surface area contributed by atoms with Crippen LogP contribution in [0, 0.1) is 11.8 Å². The fraction of sp³-hybridized carbons (Fsp3) is 0.900. The number of carbonyl (C=O) groups is 1. The lowest BCUT2D eigenvalue weighted by Crippen LogP contribution is -2.49. The maximum atomic E-state index is 10.7. The molecule has 3 atom stereocenters. The van der Waals surface area contributed by atoms with Crippen molar-refractivity contribution >= 4 is 5.97 Å². The number of aliphatic hydroxyl groups excluding tert-OH is 1. The molecule has 0 aromatic rings. The minimum absolute atomic E-state index is 0.0842. The van der Waals surface area contributed by atoms with Gasteiger partial charge < -0.3 is 15.5 Å². The molecule has 3 N–H and O–H groups in total. The van der Waals surface area contributed by atoms with Crippen LogP contribution in [-0.4, -0.2) is 34.9 Å². The van der Waals surface area contributed by atoms with Gasteiger partial charge in [-0.3, -0.25) is 4.79 Å². The molecule has 0 amide bonds.